The van der Waals surface area contributed by atoms with Crippen LogP contribution in [0.5, 0.6) is 0 Å². The minimum atomic E-state index is 0.668. The van der Waals surface area contributed by atoms with Gasteiger partial charge in [0.05, 0.1) is 0 Å². The van der Waals surface area contributed by atoms with Gasteiger partial charge in [-0.1, -0.05) is 42.5 Å². The molecule has 2 aromatic rings. The van der Waals surface area contributed by atoms with Crippen LogP contribution in [0.25, 0.3) is 22.3 Å². The van der Waals surface area contributed by atoms with E-state index in [-0.39, 0.29) is 0 Å². The van der Waals surface area contributed by atoms with Gasteiger partial charge in [-0.3, -0.25) is 4.79 Å². The van der Waals surface area contributed by atoms with E-state index in [9.17, 15) is 4.79 Å². The van der Waals surface area contributed by atoms with Gasteiger partial charge >= 0.3 is 0 Å². The molecule has 3 rings (SSSR count). The Hall–Kier alpha value is -1.89. The molecule has 1 radical (unpaired) electrons. The van der Waals surface area contributed by atoms with E-state index in [0.29, 0.717) is 5.56 Å². The second-order valence-corrected chi connectivity index (χ2v) is 3.38. The molecule has 65 valence electrons. The predicted molar refractivity (Wildman–Crippen MR) is 55.7 cm³/mol. The molecule has 0 atom stereocenters. The summed E-state index contributed by atoms with van der Waals surface area (Å²) in [4.78, 5) is 10.7. The fourth-order valence-electron chi connectivity index (χ4n) is 2.03. The Labute approximate surface area is 82.0 Å². The van der Waals surface area contributed by atoms with E-state index >= 15 is 0 Å². The number of carbonyl (C=O) groups excluding carboxylic acids is 1. The second kappa shape index (κ2) is 2.55. The third kappa shape index (κ3) is 0.765. The lowest BCUT2D eigenvalue weighted by atomic mass is 9.78. The lowest BCUT2D eigenvalue weighted by Gasteiger charge is -2.24. The highest BCUT2D eigenvalue weighted by atomic mass is 16.1. The Morgan fingerprint density at radius 2 is 1.50 bits per heavy atom. The molecule has 1 aliphatic rings. The van der Waals surface area contributed by atoms with Gasteiger partial charge in [0.25, 0.3) is 0 Å². The molecule has 0 heterocycles. The first-order valence-electron chi connectivity index (χ1n) is 4.53. The Bertz CT molecular complexity index is 527. The van der Waals surface area contributed by atoms with Crippen LogP contribution in [0.1, 0.15) is 5.56 Å². The van der Waals surface area contributed by atoms with Crippen molar-refractivity contribution in [1.82, 2.24) is 0 Å². The van der Waals surface area contributed by atoms with Crippen LogP contribution in [0.4, 0.5) is 0 Å². The number of hydrogen-bond acceptors (Lipinski definition) is 1. The largest absolute Gasteiger partial charge is 0.285 e. The summed E-state index contributed by atoms with van der Waals surface area (Å²) < 4.78 is 0. The lowest BCUT2D eigenvalue weighted by Crippen LogP contribution is -2.01. The van der Waals surface area contributed by atoms with Crippen molar-refractivity contribution >= 4 is 6.29 Å². The van der Waals surface area contributed by atoms with E-state index in [2.05, 4.69) is 6.07 Å². The number of rotatable bonds is 1. The summed E-state index contributed by atoms with van der Waals surface area (Å²) in [5.74, 6) is 0. The van der Waals surface area contributed by atoms with Crippen LogP contribution in [0.3, 0.4) is 0 Å². The third-order valence-electron chi connectivity index (χ3n) is 2.66. The van der Waals surface area contributed by atoms with Crippen molar-refractivity contribution in [1.29, 1.82) is 0 Å². The Morgan fingerprint density at radius 1 is 0.786 bits per heavy atom. The zero-order chi connectivity index (χ0) is 9.54. The highest BCUT2D eigenvalue weighted by Gasteiger charge is 2.23. The molecule has 0 saturated carbocycles. The molecule has 0 bridgehead atoms. The SMILES string of the molecule is O=[C]c1cccc2c1-c1ccccc1-2. The van der Waals surface area contributed by atoms with Crippen LogP contribution >= 0.6 is 0 Å². The Kier molecular flexibility index (Phi) is 1.37. The highest BCUT2D eigenvalue weighted by molar-refractivity contribution is 6.08. The molecule has 0 saturated heterocycles. The highest BCUT2D eigenvalue weighted by Crippen LogP contribution is 2.47. The van der Waals surface area contributed by atoms with E-state index in [1.165, 1.54) is 16.7 Å². The second-order valence-electron chi connectivity index (χ2n) is 3.38. The van der Waals surface area contributed by atoms with Crippen LogP contribution in [-0.4, -0.2) is 6.29 Å². The smallest absolute Gasteiger partial charge is 0.234 e. The molecule has 0 aliphatic heterocycles. The maximum atomic E-state index is 10.7. The van der Waals surface area contributed by atoms with Gasteiger partial charge in [-0.25, -0.2) is 0 Å². The molecule has 0 N–H and O–H groups in total. The van der Waals surface area contributed by atoms with Crippen LogP contribution in [0.2, 0.25) is 0 Å². The molecule has 0 aromatic heterocycles. The van der Waals surface area contributed by atoms with Gasteiger partial charge < -0.3 is 0 Å². The van der Waals surface area contributed by atoms with Gasteiger partial charge in [-0.2, -0.15) is 0 Å². The molecule has 2 aromatic carbocycles. The number of hydrogen-bond donors (Lipinski definition) is 0. The molecule has 1 heteroatoms. The molecule has 14 heavy (non-hydrogen) atoms. The van der Waals surface area contributed by atoms with Gasteiger partial charge in [0.2, 0.25) is 6.29 Å². The fraction of sp³-hybridized carbons (Fsp3) is 0. The van der Waals surface area contributed by atoms with Crippen molar-refractivity contribution in [3.05, 3.63) is 48.0 Å². The molecule has 0 fully saturated rings. The first-order chi connectivity index (χ1) is 6.92. The monoisotopic (exact) mass is 179 g/mol. The average molecular weight is 179 g/mol. The van der Waals surface area contributed by atoms with Gasteiger partial charge in [-0.15, -0.1) is 0 Å². The zero-order valence-electron chi connectivity index (χ0n) is 7.45. The number of benzene rings is 2. The molecular formula is C13H7O. The van der Waals surface area contributed by atoms with Crippen molar-refractivity contribution in [3.8, 4) is 22.3 Å². The summed E-state index contributed by atoms with van der Waals surface area (Å²) in [7, 11) is 0. The van der Waals surface area contributed by atoms with Crippen molar-refractivity contribution in [3.63, 3.8) is 0 Å². The summed E-state index contributed by atoms with van der Waals surface area (Å²) in [6.45, 7) is 0. The summed E-state index contributed by atoms with van der Waals surface area (Å²) >= 11 is 0. The van der Waals surface area contributed by atoms with Gasteiger partial charge in [0, 0.05) is 11.1 Å². The van der Waals surface area contributed by atoms with Crippen molar-refractivity contribution in [2.24, 2.45) is 0 Å². The van der Waals surface area contributed by atoms with Crippen LogP contribution in [0.15, 0.2) is 42.5 Å². The Balaban J connectivity index is 2.33. The van der Waals surface area contributed by atoms with Crippen molar-refractivity contribution in [2.75, 3.05) is 0 Å². The first-order valence-corrected chi connectivity index (χ1v) is 4.53. The minimum absolute atomic E-state index is 0.668. The molecule has 0 unspecified atom stereocenters. The summed E-state index contributed by atoms with van der Waals surface area (Å²) in [6, 6.07) is 13.9. The van der Waals surface area contributed by atoms with Gasteiger partial charge in [-0.05, 0) is 16.7 Å². The Morgan fingerprint density at radius 3 is 2.29 bits per heavy atom. The van der Waals surface area contributed by atoms with Gasteiger partial charge in [0.1, 0.15) is 0 Å². The molecule has 1 aliphatic carbocycles. The van der Waals surface area contributed by atoms with Crippen molar-refractivity contribution < 1.29 is 4.79 Å². The maximum absolute atomic E-state index is 10.7. The zero-order valence-corrected chi connectivity index (χ0v) is 7.45. The summed E-state index contributed by atoms with van der Waals surface area (Å²) in [5.41, 5.74) is 5.29. The van der Waals surface area contributed by atoms with Crippen LogP contribution in [-0.2, 0) is 4.79 Å². The van der Waals surface area contributed by atoms with E-state index in [0.717, 1.165) is 5.56 Å². The third-order valence-corrected chi connectivity index (χ3v) is 2.66. The summed E-state index contributed by atoms with van der Waals surface area (Å²) in [5, 5.41) is 0. The fourth-order valence-corrected chi connectivity index (χ4v) is 2.03. The van der Waals surface area contributed by atoms with E-state index < -0.39 is 0 Å². The van der Waals surface area contributed by atoms with E-state index in [1.54, 1.807) is 0 Å². The molecular weight excluding hydrogens is 172 g/mol. The van der Waals surface area contributed by atoms with Crippen LogP contribution in [0, 0.1) is 0 Å². The lowest BCUT2D eigenvalue weighted by molar-refractivity contribution is 0.563. The van der Waals surface area contributed by atoms with Crippen molar-refractivity contribution in [2.45, 2.75) is 0 Å². The standard InChI is InChI=1S/C13H7O/c14-8-9-4-3-7-12-10-5-1-2-6-11(10)13(9)12/h1-7H. The van der Waals surface area contributed by atoms with Gasteiger partial charge in [0.15, 0.2) is 0 Å². The quantitative estimate of drug-likeness (QED) is 0.561. The molecule has 0 spiro atoms. The topological polar surface area (TPSA) is 17.1 Å². The first kappa shape index (κ1) is 7.51. The van der Waals surface area contributed by atoms with E-state index in [1.807, 2.05) is 42.7 Å². The number of fused-ring (bicyclic) bond motifs is 4. The van der Waals surface area contributed by atoms with Crippen LogP contribution < -0.4 is 0 Å². The molecule has 0 amide bonds. The average Bonchev–Trinajstić information content (AvgIpc) is 2.24. The minimum Gasteiger partial charge on any atom is -0.285 e. The molecule has 1 nitrogen and oxygen atoms in total. The van der Waals surface area contributed by atoms with E-state index in [4.69, 9.17) is 0 Å². The normalized spacial score (nSPS) is 11.1. The maximum Gasteiger partial charge on any atom is 0.234 e. The predicted octanol–water partition coefficient (Wildman–Crippen LogP) is 2.79. The summed E-state index contributed by atoms with van der Waals surface area (Å²) in [6.07, 6.45) is 1.98.